The van der Waals surface area contributed by atoms with Crippen molar-refractivity contribution in [3.05, 3.63) is 65.6 Å². The molecule has 0 amide bonds. The van der Waals surface area contributed by atoms with Crippen LogP contribution in [0.15, 0.2) is 48.9 Å². The zero-order valence-corrected chi connectivity index (χ0v) is 19.4. The zero-order valence-electron chi connectivity index (χ0n) is 19.4. The van der Waals surface area contributed by atoms with Crippen LogP contribution in [0.3, 0.4) is 0 Å². The van der Waals surface area contributed by atoms with Crippen LogP contribution >= 0.6 is 0 Å². The summed E-state index contributed by atoms with van der Waals surface area (Å²) in [6, 6.07) is 9.96. The van der Waals surface area contributed by atoms with Gasteiger partial charge in [0.15, 0.2) is 5.82 Å². The first-order valence-corrected chi connectivity index (χ1v) is 11.2. The van der Waals surface area contributed by atoms with Crippen molar-refractivity contribution in [3.8, 4) is 17.1 Å². The quantitative estimate of drug-likeness (QED) is 0.417. The summed E-state index contributed by atoms with van der Waals surface area (Å²) < 4.78 is 5.56. The molecule has 0 aliphatic rings. The van der Waals surface area contributed by atoms with E-state index in [4.69, 9.17) is 9.72 Å². The Morgan fingerprint density at radius 2 is 2.00 bits per heavy atom. The van der Waals surface area contributed by atoms with E-state index < -0.39 is 0 Å². The van der Waals surface area contributed by atoms with E-state index in [9.17, 15) is 4.79 Å². The minimum atomic E-state index is 0.122. The molecule has 2 aromatic heterocycles. The van der Waals surface area contributed by atoms with Gasteiger partial charge in [-0.05, 0) is 37.5 Å². The normalized spacial score (nSPS) is 11.8. The van der Waals surface area contributed by atoms with E-state index in [2.05, 4.69) is 28.3 Å². The van der Waals surface area contributed by atoms with Crippen molar-refractivity contribution in [3.63, 3.8) is 0 Å². The minimum absolute atomic E-state index is 0.122. The Kier molecular flexibility index (Phi) is 8.31. The molecule has 0 saturated carbocycles. The SMILES string of the molecule is CCCC(=O)Cc1ccc(-c2ncc(C)c(N[C@@H](CCC)c3cccnc3)n2)cc1OC. The smallest absolute Gasteiger partial charge is 0.161 e. The van der Waals surface area contributed by atoms with Gasteiger partial charge in [-0.25, -0.2) is 9.97 Å². The Labute approximate surface area is 190 Å². The molecule has 0 bridgehead atoms. The highest BCUT2D eigenvalue weighted by Gasteiger charge is 2.15. The van der Waals surface area contributed by atoms with E-state index in [0.29, 0.717) is 24.4 Å². The van der Waals surface area contributed by atoms with Gasteiger partial charge in [0.2, 0.25) is 0 Å². The predicted molar refractivity (Wildman–Crippen MR) is 128 cm³/mol. The van der Waals surface area contributed by atoms with E-state index in [1.54, 1.807) is 13.3 Å². The maximum atomic E-state index is 12.1. The summed E-state index contributed by atoms with van der Waals surface area (Å²) in [6.07, 6.45) is 9.34. The minimum Gasteiger partial charge on any atom is -0.496 e. The number of nitrogens with zero attached hydrogens (tertiary/aromatic N) is 3. The van der Waals surface area contributed by atoms with Crippen LogP contribution in [-0.4, -0.2) is 27.8 Å². The Morgan fingerprint density at radius 3 is 2.69 bits per heavy atom. The van der Waals surface area contributed by atoms with Crippen molar-refractivity contribution in [2.75, 3.05) is 12.4 Å². The van der Waals surface area contributed by atoms with Crippen LogP contribution in [0.5, 0.6) is 5.75 Å². The molecule has 0 spiro atoms. The molecular weight excluding hydrogens is 400 g/mol. The Balaban J connectivity index is 1.88. The van der Waals surface area contributed by atoms with Gasteiger partial charge in [-0.3, -0.25) is 9.78 Å². The fourth-order valence-electron chi connectivity index (χ4n) is 3.69. The number of benzene rings is 1. The van der Waals surface area contributed by atoms with E-state index >= 15 is 0 Å². The summed E-state index contributed by atoms with van der Waals surface area (Å²) in [4.78, 5) is 25.7. The molecule has 0 aliphatic carbocycles. The molecule has 0 radical (unpaired) electrons. The third-order valence-corrected chi connectivity index (χ3v) is 5.41. The number of ketones is 1. The highest BCUT2D eigenvalue weighted by atomic mass is 16.5. The Hall–Kier alpha value is -3.28. The largest absolute Gasteiger partial charge is 0.496 e. The first kappa shape index (κ1) is 23.4. The Bertz CT molecular complexity index is 1040. The van der Waals surface area contributed by atoms with Crippen LogP contribution in [0.4, 0.5) is 5.82 Å². The molecule has 3 aromatic rings. The van der Waals surface area contributed by atoms with Crippen LogP contribution in [0.1, 0.15) is 62.3 Å². The first-order chi connectivity index (χ1) is 15.5. The van der Waals surface area contributed by atoms with Crippen LogP contribution in [0.25, 0.3) is 11.4 Å². The predicted octanol–water partition coefficient (Wildman–Crippen LogP) is 5.72. The van der Waals surface area contributed by atoms with E-state index in [1.165, 1.54) is 0 Å². The molecule has 6 heteroatoms. The van der Waals surface area contributed by atoms with Crippen molar-refractivity contribution in [2.45, 2.75) is 58.9 Å². The number of anilines is 1. The van der Waals surface area contributed by atoms with Gasteiger partial charge in [-0.15, -0.1) is 0 Å². The highest BCUT2D eigenvalue weighted by molar-refractivity contribution is 5.81. The number of Topliss-reactive ketones (excluding diaryl/α,β-unsaturated/α-hetero) is 1. The molecule has 0 unspecified atom stereocenters. The lowest BCUT2D eigenvalue weighted by atomic mass is 10.0. The number of hydrogen-bond donors (Lipinski definition) is 1. The van der Waals surface area contributed by atoms with Crippen LogP contribution in [-0.2, 0) is 11.2 Å². The number of aromatic nitrogens is 3. The van der Waals surface area contributed by atoms with Gasteiger partial charge in [-0.2, -0.15) is 0 Å². The molecule has 32 heavy (non-hydrogen) atoms. The van der Waals surface area contributed by atoms with Crippen molar-refractivity contribution >= 4 is 11.6 Å². The number of pyridine rings is 1. The lowest BCUT2D eigenvalue weighted by Gasteiger charge is -2.20. The Morgan fingerprint density at radius 1 is 1.16 bits per heavy atom. The summed E-state index contributed by atoms with van der Waals surface area (Å²) in [5.74, 6) is 2.32. The zero-order chi connectivity index (χ0) is 22.9. The molecule has 3 rings (SSSR count). The summed E-state index contributed by atoms with van der Waals surface area (Å²) in [5, 5.41) is 3.59. The van der Waals surface area contributed by atoms with Crippen LogP contribution in [0.2, 0.25) is 0 Å². The number of ether oxygens (including phenoxy) is 1. The van der Waals surface area contributed by atoms with Gasteiger partial charge in [-0.1, -0.05) is 38.5 Å². The maximum absolute atomic E-state index is 12.1. The van der Waals surface area contributed by atoms with Crippen molar-refractivity contribution < 1.29 is 9.53 Å². The third kappa shape index (κ3) is 5.90. The van der Waals surface area contributed by atoms with Crippen LogP contribution < -0.4 is 10.1 Å². The average Bonchev–Trinajstić information content (AvgIpc) is 2.81. The second-order valence-corrected chi connectivity index (χ2v) is 7.99. The van der Waals surface area contributed by atoms with Crippen molar-refractivity contribution in [1.29, 1.82) is 0 Å². The standard InChI is InChI=1S/C26H32N4O2/c1-5-8-22(31)14-19-11-12-20(15-24(19)32-4)26-28-16-18(3)25(30-26)29-23(9-6-2)21-10-7-13-27-17-21/h7,10-13,15-17,23H,5-6,8-9,14H2,1-4H3,(H,28,29,30)/t23-/m0/s1. The molecule has 168 valence electrons. The summed E-state index contributed by atoms with van der Waals surface area (Å²) >= 11 is 0. The fourth-order valence-corrected chi connectivity index (χ4v) is 3.69. The molecule has 1 N–H and O–H groups in total. The fraction of sp³-hybridized carbons (Fsp3) is 0.385. The van der Waals surface area contributed by atoms with Gasteiger partial charge in [0, 0.05) is 48.1 Å². The first-order valence-electron chi connectivity index (χ1n) is 11.2. The molecule has 1 aromatic carbocycles. The molecule has 0 saturated heterocycles. The number of rotatable bonds is 11. The molecule has 0 fully saturated rings. The molecule has 6 nitrogen and oxygen atoms in total. The number of carbonyl (C=O) groups is 1. The van der Waals surface area contributed by atoms with Crippen LogP contribution in [0, 0.1) is 6.92 Å². The van der Waals surface area contributed by atoms with Crippen molar-refractivity contribution in [2.24, 2.45) is 0 Å². The number of aryl methyl sites for hydroxylation is 1. The monoisotopic (exact) mass is 432 g/mol. The third-order valence-electron chi connectivity index (χ3n) is 5.41. The molecule has 0 aliphatic heterocycles. The van der Waals surface area contributed by atoms with E-state index in [0.717, 1.165) is 47.3 Å². The second-order valence-electron chi connectivity index (χ2n) is 7.99. The number of nitrogens with one attached hydrogen (secondary N) is 1. The van der Waals surface area contributed by atoms with E-state index in [1.807, 2.05) is 50.5 Å². The van der Waals surface area contributed by atoms with Gasteiger partial charge >= 0.3 is 0 Å². The molecule has 1 atom stereocenters. The second kappa shape index (κ2) is 11.4. The van der Waals surface area contributed by atoms with Gasteiger partial charge in [0.1, 0.15) is 17.4 Å². The lowest BCUT2D eigenvalue weighted by Crippen LogP contribution is -2.13. The number of carbonyl (C=O) groups excluding carboxylic acids is 1. The lowest BCUT2D eigenvalue weighted by molar-refractivity contribution is -0.118. The highest BCUT2D eigenvalue weighted by Crippen LogP contribution is 2.29. The summed E-state index contributed by atoms with van der Waals surface area (Å²) in [7, 11) is 1.62. The molecular formula is C26H32N4O2. The topological polar surface area (TPSA) is 77.0 Å². The maximum Gasteiger partial charge on any atom is 0.161 e. The van der Waals surface area contributed by atoms with Crippen molar-refractivity contribution in [1.82, 2.24) is 15.0 Å². The van der Waals surface area contributed by atoms with E-state index in [-0.39, 0.29) is 11.8 Å². The average molecular weight is 433 g/mol. The van der Waals surface area contributed by atoms with Gasteiger partial charge < -0.3 is 10.1 Å². The number of methoxy groups -OCH3 is 1. The number of hydrogen-bond acceptors (Lipinski definition) is 6. The van der Waals surface area contributed by atoms with Gasteiger partial charge in [0.25, 0.3) is 0 Å². The summed E-state index contributed by atoms with van der Waals surface area (Å²) in [6.45, 7) is 6.18. The summed E-state index contributed by atoms with van der Waals surface area (Å²) in [5.41, 5.74) is 3.86. The van der Waals surface area contributed by atoms with Gasteiger partial charge in [0.05, 0.1) is 13.2 Å². The molecule has 2 heterocycles.